The number of nitro groups is 1. The highest BCUT2D eigenvalue weighted by Crippen LogP contribution is 2.62. The van der Waals surface area contributed by atoms with E-state index in [1.54, 1.807) is 11.0 Å². The van der Waals surface area contributed by atoms with Gasteiger partial charge in [-0.05, 0) is 119 Å². The van der Waals surface area contributed by atoms with Crippen LogP contribution in [0.5, 0.6) is 23.0 Å². The van der Waals surface area contributed by atoms with Crippen molar-refractivity contribution in [3.05, 3.63) is 221 Å². The first-order valence-electron chi connectivity index (χ1n) is 26.5. The number of hydrogen-bond acceptors (Lipinski definition) is 11. The van der Waals surface area contributed by atoms with Gasteiger partial charge in [-0.3, -0.25) is 15.0 Å². The summed E-state index contributed by atoms with van der Waals surface area (Å²) in [6.07, 6.45) is 7.62. The first-order chi connectivity index (χ1) is 37.8. The number of aliphatic hydroxyl groups excluding tert-OH is 2. The Morgan fingerprint density at radius 3 is 2.19 bits per heavy atom. The molecule has 2 aliphatic carbocycles. The maximum absolute atomic E-state index is 15.5. The van der Waals surface area contributed by atoms with Crippen LogP contribution in [0.25, 0.3) is 21.9 Å². The predicted molar refractivity (Wildman–Crippen MR) is 297 cm³/mol. The van der Waals surface area contributed by atoms with Gasteiger partial charge < -0.3 is 34.0 Å². The van der Waals surface area contributed by atoms with E-state index < -0.39 is 28.8 Å². The Labute approximate surface area is 448 Å². The van der Waals surface area contributed by atoms with E-state index in [-0.39, 0.29) is 68.6 Å². The average Bonchev–Trinajstić information content (AvgIpc) is 3.65. The molecule has 0 spiro atoms. The average molecular weight is 1030 g/mol. The van der Waals surface area contributed by atoms with Crippen molar-refractivity contribution in [2.24, 2.45) is 22.9 Å². The molecule has 13 nitrogen and oxygen atoms in total. The standard InChI is InChI=1S/C64H63N3O10/c1-2-38-73-64-60(66(42-49-23-15-22-47-20-9-10-24-54(47)49)63(70)76-52-32-28-50(29-33-52)67(71)72)41-58(65-74-43-44-16-5-3-6-17-44)56-39-48(21-11-13-36-68)55(25-12-14-37-69)61(62(56)64)57-40-53(34-35-59(57)77-64)75-51-30-26-46(27-31-51)45-18-7-4-8-19-45/h2-10,15-20,22-24,26-35,39-40,48,55,60-62,68-69H,1,11-14,21,25,36-38,41-43H2. The molecular weight excluding hydrogens is 971 g/mol. The Kier molecular flexibility index (Phi) is 16.5. The second-order valence-electron chi connectivity index (χ2n) is 19.9. The number of benzene rings is 7. The number of ether oxygens (including phenoxy) is 4. The Morgan fingerprint density at radius 1 is 0.779 bits per heavy atom. The summed E-state index contributed by atoms with van der Waals surface area (Å²) in [4.78, 5) is 34.7. The van der Waals surface area contributed by atoms with Crippen LogP contribution in [0.3, 0.4) is 0 Å². The number of oxime groups is 1. The summed E-state index contributed by atoms with van der Waals surface area (Å²) >= 11 is 0. The molecule has 1 aliphatic heterocycles. The third kappa shape index (κ3) is 11.5. The van der Waals surface area contributed by atoms with Gasteiger partial charge in [0, 0.05) is 43.2 Å². The highest BCUT2D eigenvalue weighted by atomic mass is 16.7. The van der Waals surface area contributed by atoms with Crippen LogP contribution in [-0.2, 0) is 22.7 Å². The maximum atomic E-state index is 15.5. The first-order valence-corrected chi connectivity index (χ1v) is 26.5. The molecule has 1 amide bonds. The van der Waals surface area contributed by atoms with Crippen molar-refractivity contribution in [3.63, 3.8) is 0 Å². The molecule has 0 aromatic heterocycles. The van der Waals surface area contributed by atoms with E-state index in [4.69, 9.17) is 28.9 Å². The van der Waals surface area contributed by atoms with Gasteiger partial charge in [0.2, 0.25) is 5.79 Å². The van der Waals surface area contributed by atoms with Gasteiger partial charge in [-0.25, -0.2) is 4.79 Å². The van der Waals surface area contributed by atoms with Gasteiger partial charge in [-0.1, -0.05) is 145 Å². The monoisotopic (exact) mass is 1030 g/mol. The van der Waals surface area contributed by atoms with Crippen molar-refractivity contribution in [2.45, 2.75) is 75.8 Å². The van der Waals surface area contributed by atoms with E-state index in [0.717, 1.165) is 69.8 Å². The van der Waals surface area contributed by atoms with Crippen LogP contribution in [-0.4, -0.2) is 63.5 Å². The zero-order chi connectivity index (χ0) is 53.1. The van der Waals surface area contributed by atoms with Gasteiger partial charge in [0.1, 0.15) is 35.6 Å². The fraction of sp³-hybridized carbons (Fsp3) is 0.281. The maximum Gasteiger partial charge on any atom is 0.416 e. The lowest BCUT2D eigenvalue weighted by Crippen LogP contribution is -2.70. The van der Waals surface area contributed by atoms with Crippen molar-refractivity contribution in [2.75, 3.05) is 19.8 Å². The van der Waals surface area contributed by atoms with Crippen molar-refractivity contribution in [1.29, 1.82) is 0 Å². The van der Waals surface area contributed by atoms with Gasteiger partial charge in [-0.15, -0.1) is 6.58 Å². The number of non-ortho nitro benzene ring substituents is 1. The number of carbonyl (C=O) groups is 1. The van der Waals surface area contributed by atoms with Crippen LogP contribution in [0, 0.1) is 27.9 Å². The molecule has 1 heterocycles. The number of fused-ring (bicyclic) bond motifs is 3. The number of hydrogen-bond donors (Lipinski definition) is 2. The van der Waals surface area contributed by atoms with Gasteiger partial charge in [-0.2, -0.15) is 0 Å². The topological polar surface area (TPSA) is 162 Å². The summed E-state index contributed by atoms with van der Waals surface area (Å²) in [5, 5.41) is 39.0. The van der Waals surface area contributed by atoms with E-state index in [0.29, 0.717) is 35.8 Å². The normalized spacial score (nSPS) is 20.7. The van der Waals surface area contributed by atoms with Crippen LogP contribution in [0.4, 0.5) is 10.5 Å². The lowest BCUT2D eigenvalue weighted by molar-refractivity contribution is -0.384. The summed E-state index contributed by atoms with van der Waals surface area (Å²) in [5.41, 5.74) is 6.17. The van der Waals surface area contributed by atoms with E-state index in [2.05, 4.69) is 30.9 Å². The molecule has 394 valence electrons. The Bertz CT molecular complexity index is 3220. The fourth-order valence-electron chi connectivity index (χ4n) is 11.7. The number of amides is 1. The minimum absolute atomic E-state index is 0.00980. The molecule has 1 saturated carbocycles. The molecule has 10 rings (SSSR count). The zero-order valence-corrected chi connectivity index (χ0v) is 42.9. The summed E-state index contributed by atoms with van der Waals surface area (Å²) in [7, 11) is 0. The number of allylic oxidation sites excluding steroid dienone is 1. The van der Waals surface area contributed by atoms with Crippen LogP contribution in [0.1, 0.15) is 67.6 Å². The number of unbranched alkanes of at least 4 members (excludes halogenated alkanes) is 2. The van der Waals surface area contributed by atoms with Crippen LogP contribution in [0.15, 0.2) is 199 Å². The fourth-order valence-corrected chi connectivity index (χ4v) is 11.7. The molecule has 6 unspecified atom stereocenters. The van der Waals surface area contributed by atoms with E-state index in [9.17, 15) is 20.3 Å². The number of rotatable bonds is 22. The number of aliphatic hydroxyl groups is 2. The predicted octanol–water partition coefficient (Wildman–Crippen LogP) is 13.7. The van der Waals surface area contributed by atoms with Crippen LogP contribution in [0.2, 0.25) is 0 Å². The van der Waals surface area contributed by atoms with E-state index in [1.165, 1.54) is 24.3 Å². The Hall–Kier alpha value is -8.10. The van der Waals surface area contributed by atoms with Gasteiger partial charge in [0.15, 0.2) is 0 Å². The van der Waals surface area contributed by atoms with Crippen molar-refractivity contribution in [1.82, 2.24) is 4.90 Å². The smallest absolute Gasteiger partial charge is 0.416 e. The number of nitrogens with zero attached hydrogens (tertiary/aromatic N) is 3. The summed E-state index contributed by atoms with van der Waals surface area (Å²) < 4.78 is 27.8. The highest BCUT2D eigenvalue weighted by molar-refractivity contribution is 6.03. The summed E-state index contributed by atoms with van der Waals surface area (Å²) in [6, 6.07) is 52.3. The molecule has 77 heavy (non-hydrogen) atoms. The SMILES string of the molecule is C=CCOC12Oc3ccc(Oc4ccc(-c5ccccc5)cc4)cc3C3C(CCCCO)C(CCCCO)C=C(C(=NOCc4ccccc4)CC1N(Cc1cccc4ccccc14)C(=O)Oc1ccc([N+](=O)[O-])cc1)C32. The molecule has 0 bridgehead atoms. The quantitative estimate of drug-likeness (QED) is 0.0289. The third-order valence-corrected chi connectivity index (χ3v) is 15.2. The molecule has 3 aliphatic rings. The van der Waals surface area contributed by atoms with Crippen molar-refractivity contribution < 1.29 is 43.7 Å². The minimum Gasteiger partial charge on any atom is -0.459 e. The minimum atomic E-state index is -1.61. The van der Waals surface area contributed by atoms with Gasteiger partial charge in [0.05, 0.1) is 29.7 Å². The lowest BCUT2D eigenvalue weighted by Gasteiger charge is -2.59. The molecule has 1 fully saturated rings. The second kappa shape index (κ2) is 24.3. The van der Waals surface area contributed by atoms with Crippen molar-refractivity contribution >= 4 is 28.3 Å². The van der Waals surface area contributed by atoms with Crippen molar-refractivity contribution in [3.8, 4) is 34.1 Å². The molecule has 0 radical (unpaired) electrons. The molecule has 13 heteroatoms. The molecule has 7 aromatic rings. The molecule has 7 aromatic carbocycles. The largest absolute Gasteiger partial charge is 0.459 e. The molecule has 0 saturated heterocycles. The summed E-state index contributed by atoms with van der Waals surface area (Å²) in [6.45, 7) is 4.49. The number of carbonyl (C=O) groups excluding carboxylic acids is 1. The summed E-state index contributed by atoms with van der Waals surface area (Å²) in [5.74, 6) is -0.686. The van der Waals surface area contributed by atoms with E-state index >= 15 is 4.79 Å². The molecule has 6 atom stereocenters. The number of nitro benzene ring substituents is 1. The zero-order valence-electron chi connectivity index (χ0n) is 42.9. The Balaban J connectivity index is 1.16. The highest BCUT2D eigenvalue weighted by Gasteiger charge is 2.66. The third-order valence-electron chi connectivity index (χ3n) is 15.2. The van der Waals surface area contributed by atoms with Gasteiger partial charge in [0.25, 0.3) is 5.69 Å². The Morgan fingerprint density at radius 2 is 1.45 bits per heavy atom. The molecule has 2 N–H and O–H groups in total. The van der Waals surface area contributed by atoms with Crippen LogP contribution < -0.4 is 14.2 Å². The van der Waals surface area contributed by atoms with Gasteiger partial charge >= 0.3 is 6.09 Å². The lowest BCUT2D eigenvalue weighted by atomic mass is 9.55. The van der Waals surface area contributed by atoms with E-state index in [1.807, 2.05) is 127 Å². The second-order valence-corrected chi connectivity index (χ2v) is 19.9. The molecular formula is C64H63N3O10. The first kappa shape index (κ1) is 52.3. The van der Waals surface area contributed by atoms with Crippen LogP contribution >= 0.6 is 0 Å².